The van der Waals surface area contributed by atoms with Crippen molar-refractivity contribution >= 4 is 11.3 Å². The molecule has 0 atom stereocenters. The van der Waals surface area contributed by atoms with Gasteiger partial charge < -0.3 is 4.57 Å². The highest BCUT2D eigenvalue weighted by Crippen LogP contribution is 2.20. The molecule has 0 aliphatic rings. The average molecular weight is 193 g/mol. The first-order chi connectivity index (χ1) is 6.27. The van der Waals surface area contributed by atoms with E-state index in [2.05, 4.69) is 28.4 Å². The summed E-state index contributed by atoms with van der Waals surface area (Å²) >= 11 is 1.61. The van der Waals surface area contributed by atoms with E-state index in [1.54, 1.807) is 17.5 Å². The third-order valence-corrected chi connectivity index (χ3v) is 2.64. The molecule has 2 heterocycles. The Kier molecular flexibility index (Phi) is 2.14. The molecule has 0 aliphatic heterocycles. The van der Waals surface area contributed by atoms with Crippen LogP contribution in [0.3, 0.4) is 0 Å². The van der Waals surface area contributed by atoms with Crippen molar-refractivity contribution in [3.05, 3.63) is 24.1 Å². The van der Waals surface area contributed by atoms with Crippen molar-refractivity contribution in [2.75, 3.05) is 0 Å². The van der Waals surface area contributed by atoms with E-state index in [1.807, 2.05) is 17.9 Å². The lowest BCUT2D eigenvalue weighted by Crippen LogP contribution is -1.95. The molecular formula is C9H11N3S. The summed E-state index contributed by atoms with van der Waals surface area (Å²) in [6.45, 7) is 4.26. The predicted molar refractivity (Wildman–Crippen MR) is 53.7 cm³/mol. The van der Waals surface area contributed by atoms with Gasteiger partial charge in [0.1, 0.15) is 10.7 Å². The van der Waals surface area contributed by atoms with Gasteiger partial charge in [0, 0.05) is 23.8 Å². The van der Waals surface area contributed by atoms with E-state index in [4.69, 9.17) is 0 Å². The fraction of sp³-hybridized carbons (Fsp3) is 0.333. The lowest BCUT2D eigenvalue weighted by Gasteiger charge is -2.03. The number of aromatic nitrogens is 3. The Labute approximate surface area is 81.1 Å². The van der Waals surface area contributed by atoms with E-state index in [-0.39, 0.29) is 0 Å². The lowest BCUT2D eigenvalue weighted by atomic mass is 10.4. The van der Waals surface area contributed by atoms with Gasteiger partial charge in [-0.05, 0) is 13.8 Å². The van der Waals surface area contributed by atoms with Crippen LogP contribution in [0, 0.1) is 0 Å². The van der Waals surface area contributed by atoms with Crippen LogP contribution in [0.15, 0.2) is 24.1 Å². The van der Waals surface area contributed by atoms with Gasteiger partial charge in [-0.15, -0.1) is 11.3 Å². The number of rotatable bonds is 2. The van der Waals surface area contributed by atoms with Crippen molar-refractivity contribution in [3.8, 4) is 10.7 Å². The van der Waals surface area contributed by atoms with Crippen molar-refractivity contribution in [3.63, 3.8) is 0 Å². The summed E-state index contributed by atoms with van der Waals surface area (Å²) in [5.74, 6) is 0. The van der Waals surface area contributed by atoms with Gasteiger partial charge in [0.25, 0.3) is 0 Å². The molecule has 2 rings (SSSR count). The van der Waals surface area contributed by atoms with Crippen LogP contribution in [0.1, 0.15) is 19.9 Å². The van der Waals surface area contributed by atoms with Crippen molar-refractivity contribution in [1.29, 1.82) is 0 Å². The third-order valence-electron chi connectivity index (χ3n) is 1.85. The molecule has 2 aromatic heterocycles. The number of hydrogen-bond acceptors (Lipinski definition) is 3. The minimum absolute atomic E-state index is 0.459. The molecule has 0 unspecified atom stereocenters. The monoisotopic (exact) mass is 193 g/mol. The van der Waals surface area contributed by atoms with Crippen molar-refractivity contribution in [2.24, 2.45) is 0 Å². The van der Waals surface area contributed by atoms with Gasteiger partial charge in [0.05, 0.1) is 6.33 Å². The van der Waals surface area contributed by atoms with Crippen LogP contribution in [-0.4, -0.2) is 14.5 Å². The Morgan fingerprint density at radius 3 is 2.77 bits per heavy atom. The Morgan fingerprint density at radius 1 is 1.38 bits per heavy atom. The Hall–Kier alpha value is -1.16. The number of thiazole rings is 1. The average Bonchev–Trinajstić information content (AvgIpc) is 2.75. The van der Waals surface area contributed by atoms with E-state index in [0.29, 0.717) is 6.04 Å². The zero-order valence-corrected chi connectivity index (χ0v) is 8.45. The summed E-state index contributed by atoms with van der Waals surface area (Å²) < 4.78 is 2.08. The summed E-state index contributed by atoms with van der Waals surface area (Å²) in [5, 5.41) is 2.95. The van der Waals surface area contributed by atoms with Gasteiger partial charge in [-0.2, -0.15) is 0 Å². The molecule has 0 N–H and O–H groups in total. The van der Waals surface area contributed by atoms with E-state index in [1.165, 1.54) is 0 Å². The van der Waals surface area contributed by atoms with Crippen LogP contribution in [0.2, 0.25) is 0 Å². The highest BCUT2D eigenvalue weighted by molar-refractivity contribution is 7.13. The predicted octanol–water partition coefficient (Wildman–Crippen LogP) is 2.59. The Bertz CT molecular complexity index is 375. The highest BCUT2D eigenvalue weighted by atomic mass is 32.1. The molecule has 0 fully saturated rings. The van der Waals surface area contributed by atoms with Crippen LogP contribution in [0.5, 0.6) is 0 Å². The number of nitrogens with zero attached hydrogens (tertiary/aromatic N) is 3. The maximum atomic E-state index is 4.29. The fourth-order valence-electron chi connectivity index (χ4n) is 1.08. The topological polar surface area (TPSA) is 30.7 Å². The second-order valence-corrected chi connectivity index (χ2v) is 4.03. The van der Waals surface area contributed by atoms with E-state index in [0.717, 1.165) is 10.7 Å². The Morgan fingerprint density at radius 2 is 2.23 bits per heavy atom. The molecule has 13 heavy (non-hydrogen) atoms. The van der Waals surface area contributed by atoms with E-state index in [9.17, 15) is 0 Å². The van der Waals surface area contributed by atoms with Crippen molar-refractivity contribution in [1.82, 2.24) is 14.5 Å². The summed E-state index contributed by atoms with van der Waals surface area (Å²) in [5.41, 5.74) is 0.962. The largest absolute Gasteiger partial charge is 0.334 e. The molecule has 0 amide bonds. The van der Waals surface area contributed by atoms with Gasteiger partial charge in [0.15, 0.2) is 0 Å². The Balaban J connectivity index is 2.33. The first kappa shape index (κ1) is 8.44. The van der Waals surface area contributed by atoms with Crippen LogP contribution < -0.4 is 0 Å². The zero-order valence-electron chi connectivity index (χ0n) is 7.64. The van der Waals surface area contributed by atoms with Crippen molar-refractivity contribution < 1.29 is 0 Å². The molecule has 0 saturated carbocycles. The quantitative estimate of drug-likeness (QED) is 0.734. The molecular weight excluding hydrogens is 182 g/mol. The second kappa shape index (κ2) is 3.30. The summed E-state index contributed by atoms with van der Waals surface area (Å²) in [7, 11) is 0. The van der Waals surface area contributed by atoms with Crippen LogP contribution in [0.25, 0.3) is 10.7 Å². The van der Waals surface area contributed by atoms with E-state index >= 15 is 0 Å². The minimum atomic E-state index is 0.459. The van der Waals surface area contributed by atoms with E-state index < -0.39 is 0 Å². The molecule has 3 nitrogen and oxygen atoms in total. The molecule has 4 heteroatoms. The van der Waals surface area contributed by atoms with Crippen LogP contribution in [0.4, 0.5) is 0 Å². The van der Waals surface area contributed by atoms with Gasteiger partial charge in [-0.3, -0.25) is 0 Å². The molecule has 0 aromatic carbocycles. The lowest BCUT2D eigenvalue weighted by molar-refractivity contribution is 0.600. The van der Waals surface area contributed by atoms with Crippen molar-refractivity contribution in [2.45, 2.75) is 19.9 Å². The molecule has 0 bridgehead atoms. The second-order valence-electron chi connectivity index (χ2n) is 3.14. The standard InChI is InChI=1S/C9H11N3S/c1-7(2)12-5-8(11-6-12)9-10-3-4-13-9/h3-7H,1-2H3. The molecule has 2 aromatic rings. The summed E-state index contributed by atoms with van der Waals surface area (Å²) in [6.07, 6.45) is 5.68. The first-order valence-corrected chi connectivity index (χ1v) is 5.08. The van der Waals surface area contributed by atoms with Crippen LogP contribution in [-0.2, 0) is 0 Å². The maximum Gasteiger partial charge on any atom is 0.143 e. The SMILES string of the molecule is CC(C)n1cnc(-c2nccs2)c1. The minimum Gasteiger partial charge on any atom is -0.334 e. The maximum absolute atomic E-state index is 4.29. The molecule has 68 valence electrons. The number of hydrogen-bond donors (Lipinski definition) is 0. The molecule has 0 radical (unpaired) electrons. The smallest absolute Gasteiger partial charge is 0.143 e. The fourth-order valence-corrected chi connectivity index (χ4v) is 1.68. The third kappa shape index (κ3) is 1.62. The molecule has 0 spiro atoms. The highest BCUT2D eigenvalue weighted by Gasteiger charge is 2.05. The number of imidazole rings is 1. The normalized spacial score (nSPS) is 11.0. The molecule has 0 saturated heterocycles. The zero-order chi connectivity index (χ0) is 9.26. The van der Waals surface area contributed by atoms with Gasteiger partial charge >= 0.3 is 0 Å². The van der Waals surface area contributed by atoms with Crippen LogP contribution >= 0.6 is 11.3 Å². The van der Waals surface area contributed by atoms with Gasteiger partial charge in [0.2, 0.25) is 0 Å². The van der Waals surface area contributed by atoms with Gasteiger partial charge in [-0.1, -0.05) is 0 Å². The first-order valence-electron chi connectivity index (χ1n) is 4.20. The summed E-state index contributed by atoms with van der Waals surface area (Å²) in [4.78, 5) is 8.49. The van der Waals surface area contributed by atoms with Gasteiger partial charge in [-0.25, -0.2) is 9.97 Å². The molecule has 0 aliphatic carbocycles. The summed E-state index contributed by atoms with van der Waals surface area (Å²) in [6, 6.07) is 0.459.